The normalized spacial score (nSPS) is 21.2. The predicted molar refractivity (Wildman–Crippen MR) is 108 cm³/mol. The van der Waals surface area contributed by atoms with Crippen LogP contribution in [0.2, 0.25) is 0 Å². The molecule has 2 aromatic heterocycles. The number of hydrogen-bond donors (Lipinski definition) is 1. The third-order valence-corrected chi connectivity index (χ3v) is 6.11. The van der Waals surface area contributed by atoms with Gasteiger partial charge in [0.15, 0.2) is 11.5 Å². The maximum atomic E-state index is 13.0. The number of pyridine rings is 1. The zero-order valence-electron chi connectivity index (χ0n) is 15.6. The zero-order valence-corrected chi connectivity index (χ0v) is 16.4. The van der Waals surface area contributed by atoms with E-state index in [0.717, 1.165) is 10.9 Å². The summed E-state index contributed by atoms with van der Waals surface area (Å²) in [5.74, 6) is 1.68. The van der Waals surface area contributed by atoms with E-state index in [0.29, 0.717) is 48.3 Å². The van der Waals surface area contributed by atoms with Crippen LogP contribution >= 0.6 is 11.3 Å². The lowest BCUT2D eigenvalue weighted by molar-refractivity contribution is -0.0193. The van der Waals surface area contributed by atoms with Gasteiger partial charge >= 0.3 is 0 Å². The quantitative estimate of drug-likeness (QED) is 0.713. The van der Waals surface area contributed by atoms with Crippen molar-refractivity contribution in [3.63, 3.8) is 0 Å². The van der Waals surface area contributed by atoms with E-state index in [1.165, 1.54) is 11.3 Å². The highest BCUT2D eigenvalue weighted by atomic mass is 32.1. The second kappa shape index (κ2) is 7.53. The van der Waals surface area contributed by atoms with Gasteiger partial charge in [-0.15, -0.1) is 11.3 Å². The van der Waals surface area contributed by atoms with Crippen LogP contribution < -0.4 is 14.2 Å². The van der Waals surface area contributed by atoms with Crippen LogP contribution in [0.15, 0.2) is 41.9 Å². The number of hydrogen-bond acceptors (Lipinski definition) is 7. The van der Waals surface area contributed by atoms with Gasteiger partial charge in [0.1, 0.15) is 36.0 Å². The lowest BCUT2D eigenvalue weighted by Crippen LogP contribution is -2.51. The monoisotopic (exact) mass is 412 g/mol. The van der Waals surface area contributed by atoms with E-state index < -0.39 is 6.10 Å². The SMILES string of the molecule is O=C(c1scc2c1OCCO2)N1CC[C@@H](Oc2cccc3ncccc23)[C@H](O)C1. The Bertz CT molecular complexity index is 1050. The minimum absolute atomic E-state index is 0.145. The van der Waals surface area contributed by atoms with E-state index in [9.17, 15) is 9.90 Å². The fourth-order valence-corrected chi connectivity index (χ4v) is 4.62. The number of aromatic nitrogens is 1. The molecule has 5 rings (SSSR count). The lowest BCUT2D eigenvalue weighted by atomic mass is 10.0. The topological polar surface area (TPSA) is 81.1 Å². The summed E-state index contributed by atoms with van der Waals surface area (Å²) in [5.41, 5.74) is 0.844. The van der Waals surface area contributed by atoms with Gasteiger partial charge < -0.3 is 24.2 Å². The van der Waals surface area contributed by atoms with Crippen molar-refractivity contribution in [2.75, 3.05) is 26.3 Å². The van der Waals surface area contributed by atoms with Gasteiger partial charge in [0.2, 0.25) is 0 Å². The molecule has 2 atom stereocenters. The third-order valence-electron chi connectivity index (χ3n) is 5.19. The number of rotatable bonds is 3. The summed E-state index contributed by atoms with van der Waals surface area (Å²) < 4.78 is 17.3. The molecular weight excluding hydrogens is 392 g/mol. The largest absolute Gasteiger partial charge is 0.487 e. The molecule has 1 saturated heterocycles. The molecule has 29 heavy (non-hydrogen) atoms. The Morgan fingerprint density at radius 1 is 1.24 bits per heavy atom. The van der Waals surface area contributed by atoms with Gasteiger partial charge in [0.05, 0.1) is 12.1 Å². The number of carbonyl (C=O) groups is 1. The number of aliphatic hydroxyl groups is 1. The number of ether oxygens (including phenoxy) is 3. The molecule has 2 aliphatic heterocycles. The molecule has 1 amide bonds. The number of carbonyl (C=O) groups excluding carboxylic acids is 1. The third kappa shape index (κ3) is 3.38. The summed E-state index contributed by atoms with van der Waals surface area (Å²) >= 11 is 1.31. The Morgan fingerprint density at radius 2 is 2.14 bits per heavy atom. The fraction of sp³-hybridized carbons (Fsp3) is 0.333. The van der Waals surface area contributed by atoms with Crippen LogP contribution in [0.25, 0.3) is 10.9 Å². The van der Waals surface area contributed by atoms with Gasteiger partial charge in [0.25, 0.3) is 5.91 Å². The minimum atomic E-state index is -0.785. The molecule has 1 aromatic carbocycles. The van der Waals surface area contributed by atoms with Crippen LogP contribution in [0.1, 0.15) is 16.1 Å². The minimum Gasteiger partial charge on any atom is -0.487 e. The smallest absolute Gasteiger partial charge is 0.267 e. The molecule has 0 unspecified atom stereocenters. The highest BCUT2D eigenvalue weighted by molar-refractivity contribution is 7.12. The van der Waals surface area contributed by atoms with Crippen LogP contribution in [0.4, 0.5) is 0 Å². The number of aliphatic hydroxyl groups excluding tert-OH is 1. The number of piperidine rings is 1. The highest BCUT2D eigenvalue weighted by Crippen LogP contribution is 2.40. The standard InChI is InChI=1S/C21H20N2O5S/c24-15-11-23(21(25)20-19-18(12-29-20)26-9-10-27-19)8-6-17(15)28-16-5-1-4-14-13(16)3-2-7-22-14/h1-5,7,12,15,17,24H,6,8-11H2/t15-,17-/m1/s1. The van der Waals surface area contributed by atoms with Crippen molar-refractivity contribution < 1.29 is 24.1 Å². The predicted octanol–water partition coefficient (Wildman–Crippen LogP) is 2.72. The maximum absolute atomic E-state index is 13.0. The number of benzene rings is 1. The number of nitrogens with zero attached hydrogens (tertiary/aromatic N) is 2. The molecule has 4 heterocycles. The highest BCUT2D eigenvalue weighted by Gasteiger charge is 2.35. The first-order chi connectivity index (χ1) is 14.2. The summed E-state index contributed by atoms with van der Waals surface area (Å²) in [6, 6.07) is 9.50. The van der Waals surface area contributed by atoms with Crippen LogP contribution in [-0.2, 0) is 0 Å². The molecule has 8 heteroatoms. The fourth-order valence-electron chi connectivity index (χ4n) is 3.73. The van der Waals surface area contributed by atoms with Gasteiger partial charge in [-0.2, -0.15) is 0 Å². The lowest BCUT2D eigenvalue weighted by Gasteiger charge is -2.36. The van der Waals surface area contributed by atoms with Crippen molar-refractivity contribution in [1.29, 1.82) is 0 Å². The Balaban J connectivity index is 1.29. The summed E-state index contributed by atoms with van der Waals surface area (Å²) in [4.78, 5) is 19.5. The zero-order chi connectivity index (χ0) is 19.8. The first kappa shape index (κ1) is 18.2. The van der Waals surface area contributed by atoms with Crippen molar-refractivity contribution in [3.05, 3.63) is 46.8 Å². The first-order valence-corrected chi connectivity index (χ1v) is 10.4. The molecule has 0 bridgehead atoms. The van der Waals surface area contributed by atoms with Crippen molar-refractivity contribution >= 4 is 28.1 Å². The second-order valence-corrected chi connectivity index (χ2v) is 7.92. The number of fused-ring (bicyclic) bond motifs is 2. The number of likely N-dealkylation sites (tertiary alicyclic amines) is 1. The van der Waals surface area contributed by atoms with E-state index in [-0.39, 0.29) is 18.6 Å². The average Bonchev–Trinajstić information content (AvgIpc) is 3.19. The first-order valence-electron chi connectivity index (χ1n) is 9.55. The molecule has 3 aromatic rings. The van der Waals surface area contributed by atoms with E-state index in [2.05, 4.69) is 4.98 Å². The summed E-state index contributed by atoms with van der Waals surface area (Å²) in [6.45, 7) is 1.63. The average molecular weight is 412 g/mol. The van der Waals surface area contributed by atoms with Gasteiger partial charge in [-0.25, -0.2) is 0 Å². The van der Waals surface area contributed by atoms with Crippen molar-refractivity contribution in [1.82, 2.24) is 9.88 Å². The molecule has 0 spiro atoms. The van der Waals surface area contributed by atoms with Gasteiger partial charge in [-0.1, -0.05) is 6.07 Å². The van der Waals surface area contributed by atoms with Crippen LogP contribution in [0, 0.1) is 0 Å². The number of thiophene rings is 1. The molecule has 0 radical (unpaired) electrons. The van der Waals surface area contributed by atoms with Gasteiger partial charge in [-0.05, 0) is 24.3 Å². The van der Waals surface area contributed by atoms with E-state index in [1.807, 2.05) is 30.3 Å². The number of amides is 1. The van der Waals surface area contributed by atoms with Crippen molar-refractivity contribution in [2.24, 2.45) is 0 Å². The summed E-state index contributed by atoms with van der Waals surface area (Å²) in [6.07, 6.45) is 1.10. The van der Waals surface area contributed by atoms with Crippen molar-refractivity contribution in [3.8, 4) is 17.2 Å². The molecule has 1 fully saturated rings. The molecule has 0 saturated carbocycles. The molecule has 7 nitrogen and oxygen atoms in total. The molecule has 0 aliphatic carbocycles. The molecule has 150 valence electrons. The Morgan fingerprint density at radius 3 is 3.03 bits per heavy atom. The maximum Gasteiger partial charge on any atom is 0.267 e. The van der Waals surface area contributed by atoms with Crippen molar-refractivity contribution in [2.45, 2.75) is 18.6 Å². The van der Waals surface area contributed by atoms with E-state index >= 15 is 0 Å². The molecule has 1 N–H and O–H groups in total. The summed E-state index contributed by atoms with van der Waals surface area (Å²) in [5, 5.41) is 13.4. The van der Waals surface area contributed by atoms with Gasteiger partial charge in [-0.3, -0.25) is 9.78 Å². The molecular formula is C21H20N2O5S. The van der Waals surface area contributed by atoms with Gasteiger partial charge in [0, 0.05) is 29.9 Å². The molecule has 2 aliphatic rings. The summed E-state index contributed by atoms with van der Waals surface area (Å²) in [7, 11) is 0. The second-order valence-electron chi connectivity index (χ2n) is 7.04. The van der Waals surface area contributed by atoms with Crippen LogP contribution in [-0.4, -0.2) is 59.4 Å². The Labute approximate surface area is 171 Å². The Kier molecular flexibility index (Phi) is 4.73. The van der Waals surface area contributed by atoms with E-state index in [1.54, 1.807) is 16.5 Å². The number of β-amino-alcohol motifs (C(OH)–C–C–N with tert-alkyl or cyclic N) is 1. The van der Waals surface area contributed by atoms with E-state index in [4.69, 9.17) is 14.2 Å². The van der Waals surface area contributed by atoms with Crippen LogP contribution in [0.3, 0.4) is 0 Å². The Hall–Kier alpha value is -2.84. The van der Waals surface area contributed by atoms with Crippen LogP contribution in [0.5, 0.6) is 17.2 Å².